The molecule has 24 heavy (non-hydrogen) atoms. The number of benzene rings is 2. The van der Waals surface area contributed by atoms with Crippen LogP contribution in [-0.2, 0) is 9.84 Å². The minimum Gasteiger partial charge on any atom is -0.497 e. The molecule has 7 heteroatoms. The molecule has 0 unspecified atom stereocenters. The van der Waals surface area contributed by atoms with Gasteiger partial charge in [0.25, 0.3) is 0 Å². The Morgan fingerprint density at radius 2 is 1.71 bits per heavy atom. The lowest BCUT2D eigenvalue weighted by Crippen LogP contribution is -2.39. The van der Waals surface area contributed by atoms with Crippen LogP contribution in [-0.4, -0.2) is 32.9 Å². The Morgan fingerprint density at radius 3 is 2.21 bits per heavy atom. The molecule has 0 heterocycles. The van der Waals surface area contributed by atoms with E-state index in [0.29, 0.717) is 10.8 Å². The maximum atomic E-state index is 13.0. The molecular formula is C17H19ClN2O3S. The molecule has 4 N–H and O–H groups in total. The first-order valence-corrected chi connectivity index (χ1v) is 9.39. The Morgan fingerprint density at radius 1 is 1.12 bits per heavy atom. The van der Waals surface area contributed by atoms with Crippen molar-refractivity contribution >= 4 is 21.4 Å². The summed E-state index contributed by atoms with van der Waals surface area (Å²) in [6, 6.07) is 13.3. The average Bonchev–Trinajstić information content (AvgIpc) is 3.23. The smallest absolute Gasteiger partial charge is 0.183 e. The van der Waals surface area contributed by atoms with Crippen molar-refractivity contribution in [3.63, 3.8) is 0 Å². The van der Waals surface area contributed by atoms with Crippen LogP contribution < -0.4 is 16.2 Å². The van der Waals surface area contributed by atoms with E-state index in [1.165, 1.54) is 12.1 Å². The number of hydrogen-bond donors (Lipinski definition) is 2. The summed E-state index contributed by atoms with van der Waals surface area (Å²) in [7, 11) is -2.03. The molecule has 0 saturated heterocycles. The first-order chi connectivity index (χ1) is 11.3. The van der Waals surface area contributed by atoms with Gasteiger partial charge in [0.1, 0.15) is 5.75 Å². The monoisotopic (exact) mass is 366 g/mol. The molecule has 1 aliphatic rings. The topological polar surface area (TPSA) is 95.4 Å². The van der Waals surface area contributed by atoms with E-state index in [-0.39, 0.29) is 17.4 Å². The van der Waals surface area contributed by atoms with Crippen LogP contribution in [0, 0.1) is 0 Å². The van der Waals surface area contributed by atoms with Gasteiger partial charge in [0, 0.05) is 17.5 Å². The third-order valence-corrected chi connectivity index (χ3v) is 7.17. The Labute approximate surface area is 146 Å². The van der Waals surface area contributed by atoms with E-state index in [4.69, 9.17) is 27.8 Å². The maximum absolute atomic E-state index is 13.0. The van der Waals surface area contributed by atoms with E-state index in [9.17, 15) is 8.42 Å². The van der Waals surface area contributed by atoms with Crippen LogP contribution in [0.25, 0.3) is 0 Å². The number of halogens is 1. The Hall–Kier alpha value is -1.60. The van der Waals surface area contributed by atoms with E-state index in [1.54, 1.807) is 31.4 Å². The summed E-state index contributed by atoms with van der Waals surface area (Å²) in [5.74, 6) is 0.348. The molecule has 0 aliphatic heterocycles. The van der Waals surface area contributed by atoms with Crippen LogP contribution in [0.15, 0.2) is 53.4 Å². The lowest BCUT2D eigenvalue weighted by atomic mass is 10.1. The molecule has 1 aliphatic carbocycles. The van der Waals surface area contributed by atoms with Gasteiger partial charge < -0.3 is 16.2 Å². The Balaban J connectivity index is 1.98. The zero-order valence-electron chi connectivity index (χ0n) is 13.1. The van der Waals surface area contributed by atoms with Gasteiger partial charge in [-0.25, -0.2) is 8.42 Å². The number of ether oxygens (including phenoxy) is 1. The van der Waals surface area contributed by atoms with Crippen molar-refractivity contribution in [2.75, 3.05) is 13.7 Å². The quantitative estimate of drug-likeness (QED) is 0.843. The summed E-state index contributed by atoms with van der Waals surface area (Å²) in [6.07, 6.45) is 0. The van der Waals surface area contributed by atoms with Crippen LogP contribution >= 0.6 is 11.6 Å². The molecule has 3 atom stereocenters. The molecule has 2 aromatic carbocycles. The van der Waals surface area contributed by atoms with E-state index < -0.39 is 20.6 Å². The minimum absolute atomic E-state index is 0.0845. The third-order valence-electron chi connectivity index (χ3n) is 4.61. The van der Waals surface area contributed by atoms with Crippen molar-refractivity contribution in [2.45, 2.75) is 21.6 Å². The van der Waals surface area contributed by atoms with Gasteiger partial charge in [-0.05, 0) is 42.0 Å². The normalized spacial score (nSPS) is 26.2. The number of methoxy groups -OCH3 is 1. The van der Waals surface area contributed by atoms with Crippen molar-refractivity contribution < 1.29 is 13.2 Å². The number of rotatable bonds is 5. The second-order valence-electron chi connectivity index (χ2n) is 5.99. The zero-order chi connectivity index (χ0) is 17.5. The van der Waals surface area contributed by atoms with Crippen LogP contribution in [0.3, 0.4) is 0 Å². The molecular weight excluding hydrogens is 348 g/mol. The number of sulfone groups is 1. The third kappa shape index (κ3) is 2.69. The van der Waals surface area contributed by atoms with Crippen molar-refractivity contribution in [1.29, 1.82) is 0 Å². The Bertz CT molecular complexity index is 837. The van der Waals surface area contributed by atoms with Crippen molar-refractivity contribution in [3.05, 3.63) is 59.1 Å². The average molecular weight is 367 g/mol. The van der Waals surface area contributed by atoms with Crippen molar-refractivity contribution in [2.24, 2.45) is 11.5 Å². The van der Waals surface area contributed by atoms with E-state index in [2.05, 4.69) is 0 Å². The summed E-state index contributed by atoms with van der Waals surface area (Å²) >= 11 is 5.84. The maximum Gasteiger partial charge on any atom is 0.183 e. The van der Waals surface area contributed by atoms with Gasteiger partial charge in [-0.3, -0.25) is 0 Å². The highest BCUT2D eigenvalue weighted by atomic mass is 35.5. The lowest BCUT2D eigenvalue weighted by Gasteiger charge is -2.09. The first-order valence-electron chi connectivity index (χ1n) is 7.47. The van der Waals surface area contributed by atoms with Gasteiger partial charge in [0.15, 0.2) is 9.84 Å². The summed E-state index contributed by atoms with van der Waals surface area (Å²) in [5, 5.41) is -0.279. The summed E-state index contributed by atoms with van der Waals surface area (Å²) in [5.41, 5.74) is 12.0. The standard InChI is InChI=1S/C17H19ClN2O3S/c1-23-13-6-2-11(3-7-13)15-16(17(15,20)10-19)24(21,22)14-8-4-12(18)5-9-14/h2-9,15-16H,10,19-20H2,1H3/t15-,16+,17-/m1/s1. The fourth-order valence-corrected chi connectivity index (χ4v) is 5.65. The largest absolute Gasteiger partial charge is 0.497 e. The summed E-state index contributed by atoms with van der Waals surface area (Å²) in [4.78, 5) is 0.205. The fourth-order valence-electron chi connectivity index (χ4n) is 3.20. The predicted molar refractivity (Wildman–Crippen MR) is 94.1 cm³/mol. The summed E-state index contributed by atoms with van der Waals surface area (Å²) in [6.45, 7) is 0.0845. The highest BCUT2D eigenvalue weighted by Gasteiger charge is 2.68. The number of hydrogen-bond acceptors (Lipinski definition) is 5. The molecule has 0 bridgehead atoms. The highest BCUT2D eigenvalue weighted by molar-refractivity contribution is 7.92. The molecule has 0 amide bonds. The van der Waals surface area contributed by atoms with Gasteiger partial charge >= 0.3 is 0 Å². The van der Waals surface area contributed by atoms with Crippen LogP contribution in [0.4, 0.5) is 0 Å². The molecule has 0 radical (unpaired) electrons. The molecule has 2 aromatic rings. The predicted octanol–water partition coefficient (Wildman–Crippen LogP) is 1.94. The molecule has 1 fully saturated rings. The van der Waals surface area contributed by atoms with Crippen molar-refractivity contribution in [3.8, 4) is 5.75 Å². The molecule has 128 valence electrons. The van der Waals surface area contributed by atoms with Gasteiger partial charge in [-0.15, -0.1) is 0 Å². The van der Waals surface area contributed by atoms with Crippen LogP contribution in [0.1, 0.15) is 11.5 Å². The van der Waals surface area contributed by atoms with E-state index in [0.717, 1.165) is 5.56 Å². The SMILES string of the molecule is COc1ccc([C@@H]2[C@H](S(=O)(=O)c3ccc(Cl)cc3)[C@@]2(N)CN)cc1. The molecule has 5 nitrogen and oxygen atoms in total. The number of nitrogens with two attached hydrogens (primary N) is 2. The van der Waals surface area contributed by atoms with Gasteiger partial charge in [-0.1, -0.05) is 23.7 Å². The second kappa shape index (κ2) is 6.04. The van der Waals surface area contributed by atoms with Crippen LogP contribution in [0.5, 0.6) is 5.75 Å². The highest BCUT2D eigenvalue weighted by Crippen LogP contribution is 2.55. The second-order valence-corrected chi connectivity index (χ2v) is 8.49. The van der Waals surface area contributed by atoms with E-state index in [1.807, 2.05) is 12.1 Å². The zero-order valence-corrected chi connectivity index (χ0v) is 14.7. The molecule has 3 rings (SSSR count). The van der Waals surface area contributed by atoms with E-state index >= 15 is 0 Å². The van der Waals surface area contributed by atoms with Gasteiger partial charge in [0.2, 0.25) is 0 Å². The molecule has 1 saturated carbocycles. The minimum atomic E-state index is -3.61. The summed E-state index contributed by atoms with van der Waals surface area (Å²) < 4.78 is 31.1. The van der Waals surface area contributed by atoms with Gasteiger partial charge in [-0.2, -0.15) is 0 Å². The van der Waals surface area contributed by atoms with Crippen molar-refractivity contribution in [1.82, 2.24) is 0 Å². The fraction of sp³-hybridized carbons (Fsp3) is 0.294. The molecule has 0 spiro atoms. The lowest BCUT2D eigenvalue weighted by molar-refractivity contribution is 0.414. The van der Waals surface area contributed by atoms with Gasteiger partial charge in [0.05, 0.1) is 22.8 Å². The Kier molecular flexibility index (Phi) is 4.34. The first kappa shape index (κ1) is 17.2. The van der Waals surface area contributed by atoms with Crippen LogP contribution in [0.2, 0.25) is 5.02 Å². The molecule has 0 aromatic heterocycles.